The summed E-state index contributed by atoms with van der Waals surface area (Å²) in [6.07, 6.45) is 16.3. The Morgan fingerprint density at radius 2 is 1.86 bits per heavy atom. The maximum atomic E-state index is 12.0. The first-order chi connectivity index (χ1) is 17.9. The second-order valence-corrected chi connectivity index (χ2v) is 11.5. The van der Waals surface area contributed by atoms with Crippen molar-refractivity contribution < 1.29 is 9.90 Å². The van der Waals surface area contributed by atoms with Crippen molar-refractivity contribution in [3.05, 3.63) is 53.6 Å². The monoisotopic (exact) mass is 506 g/mol. The summed E-state index contributed by atoms with van der Waals surface area (Å²) in [4.78, 5) is 14.6. The molecule has 3 atom stereocenters. The molecule has 5 N–H and O–H groups in total. The number of hydrogen-bond donors (Lipinski definition) is 3. The van der Waals surface area contributed by atoms with E-state index in [0.717, 1.165) is 42.7 Å². The average molecular weight is 507 g/mol. The van der Waals surface area contributed by atoms with E-state index in [0.29, 0.717) is 5.70 Å². The van der Waals surface area contributed by atoms with Crippen LogP contribution in [0.2, 0.25) is 0 Å². The SMILES string of the molecule is CN(N)/C=C(\N)C1CC1c1c(C(=O)O)cnn1-c1cccc(N2CCCC(CCC3CCCCC3)C2)c1. The number of rotatable bonds is 9. The van der Waals surface area contributed by atoms with Crippen LogP contribution < -0.4 is 16.5 Å². The van der Waals surface area contributed by atoms with E-state index in [2.05, 4.69) is 28.2 Å². The van der Waals surface area contributed by atoms with Crippen LogP contribution >= 0.6 is 0 Å². The van der Waals surface area contributed by atoms with Crippen LogP contribution in [0.15, 0.2) is 42.4 Å². The number of anilines is 1. The molecule has 0 amide bonds. The number of aromatic carboxylic acids is 1. The van der Waals surface area contributed by atoms with E-state index in [4.69, 9.17) is 11.6 Å². The summed E-state index contributed by atoms with van der Waals surface area (Å²) >= 11 is 0. The van der Waals surface area contributed by atoms with E-state index in [9.17, 15) is 9.90 Å². The lowest BCUT2D eigenvalue weighted by Crippen LogP contribution is -2.35. The minimum Gasteiger partial charge on any atom is -0.478 e. The van der Waals surface area contributed by atoms with E-state index in [-0.39, 0.29) is 17.4 Å². The molecule has 5 rings (SSSR count). The number of hydrazine groups is 1. The largest absolute Gasteiger partial charge is 0.478 e. The summed E-state index contributed by atoms with van der Waals surface area (Å²) in [6, 6.07) is 8.41. The highest BCUT2D eigenvalue weighted by Crippen LogP contribution is 2.52. The highest BCUT2D eigenvalue weighted by molar-refractivity contribution is 5.89. The summed E-state index contributed by atoms with van der Waals surface area (Å²) in [5.74, 6) is 6.54. The third-order valence-corrected chi connectivity index (χ3v) is 8.63. The lowest BCUT2D eigenvalue weighted by molar-refractivity contribution is 0.0695. The van der Waals surface area contributed by atoms with Crippen LogP contribution in [0.3, 0.4) is 0 Å². The smallest absolute Gasteiger partial charge is 0.339 e. The van der Waals surface area contributed by atoms with Crippen molar-refractivity contribution in [2.24, 2.45) is 29.3 Å². The Balaban J connectivity index is 1.32. The van der Waals surface area contributed by atoms with Crippen LogP contribution in [0.5, 0.6) is 0 Å². The van der Waals surface area contributed by atoms with Gasteiger partial charge in [-0.3, -0.25) is 0 Å². The normalized spacial score (nSPS) is 24.8. The lowest BCUT2D eigenvalue weighted by atomic mass is 9.82. The summed E-state index contributed by atoms with van der Waals surface area (Å²) in [7, 11) is 1.73. The summed E-state index contributed by atoms with van der Waals surface area (Å²) in [6.45, 7) is 2.16. The van der Waals surface area contributed by atoms with Crippen LogP contribution in [-0.4, -0.2) is 46.0 Å². The molecule has 8 heteroatoms. The molecule has 2 aliphatic carbocycles. The molecule has 2 saturated carbocycles. The van der Waals surface area contributed by atoms with Crippen LogP contribution in [0.1, 0.15) is 86.2 Å². The Bertz CT molecular complexity index is 1120. The van der Waals surface area contributed by atoms with Crippen molar-refractivity contribution in [2.75, 3.05) is 25.0 Å². The molecule has 1 aromatic carbocycles. The molecular formula is C29H42N6O2. The summed E-state index contributed by atoms with van der Waals surface area (Å²) < 4.78 is 1.81. The lowest BCUT2D eigenvalue weighted by Gasteiger charge is -2.35. The maximum Gasteiger partial charge on any atom is 0.339 e. The fourth-order valence-electron chi connectivity index (χ4n) is 6.59. The molecule has 0 radical (unpaired) electrons. The number of carbonyl (C=O) groups is 1. The highest BCUT2D eigenvalue weighted by atomic mass is 16.4. The van der Waals surface area contributed by atoms with Gasteiger partial charge in [0, 0.05) is 49.6 Å². The zero-order chi connectivity index (χ0) is 25.9. The van der Waals surface area contributed by atoms with Gasteiger partial charge in [0.1, 0.15) is 5.56 Å². The van der Waals surface area contributed by atoms with Crippen LogP contribution in [0.4, 0.5) is 5.69 Å². The molecule has 37 heavy (non-hydrogen) atoms. The van der Waals surface area contributed by atoms with Gasteiger partial charge in [-0.2, -0.15) is 5.10 Å². The molecule has 1 aromatic heterocycles. The molecule has 1 saturated heterocycles. The van der Waals surface area contributed by atoms with Gasteiger partial charge < -0.3 is 20.7 Å². The van der Waals surface area contributed by atoms with Gasteiger partial charge in [-0.15, -0.1) is 0 Å². The van der Waals surface area contributed by atoms with E-state index in [1.54, 1.807) is 13.2 Å². The van der Waals surface area contributed by atoms with Crippen molar-refractivity contribution in [3.63, 3.8) is 0 Å². The second kappa shape index (κ2) is 11.2. The average Bonchev–Trinajstić information content (AvgIpc) is 3.57. The number of hydrogen-bond acceptors (Lipinski definition) is 6. The van der Waals surface area contributed by atoms with Gasteiger partial charge >= 0.3 is 5.97 Å². The third kappa shape index (κ3) is 5.95. The van der Waals surface area contributed by atoms with Gasteiger partial charge in [0.05, 0.1) is 17.6 Å². The Kier molecular flexibility index (Phi) is 7.74. The van der Waals surface area contributed by atoms with Crippen molar-refractivity contribution in [1.82, 2.24) is 14.8 Å². The zero-order valence-electron chi connectivity index (χ0n) is 22.1. The number of nitrogens with two attached hydrogens (primary N) is 2. The van der Waals surface area contributed by atoms with Crippen LogP contribution in [0.25, 0.3) is 5.69 Å². The Labute approximate surface area is 220 Å². The Morgan fingerprint density at radius 1 is 1.14 bits per heavy atom. The number of nitrogens with zero attached hydrogens (tertiary/aromatic N) is 4. The van der Waals surface area contributed by atoms with Crippen molar-refractivity contribution >= 4 is 11.7 Å². The third-order valence-electron chi connectivity index (χ3n) is 8.63. The number of carboxylic acid groups (broad SMARTS) is 1. The molecule has 3 fully saturated rings. The number of aromatic nitrogens is 2. The van der Waals surface area contributed by atoms with Gasteiger partial charge in [0.25, 0.3) is 0 Å². The first-order valence-electron chi connectivity index (χ1n) is 14.0. The van der Waals surface area contributed by atoms with E-state index in [1.165, 1.54) is 74.7 Å². The first-order valence-corrected chi connectivity index (χ1v) is 14.0. The minimum absolute atomic E-state index is 0.00705. The summed E-state index contributed by atoms with van der Waals surface area (Å²) in [5.41, 5.74) is 9.97. The molecule has 200 valence electrons. The van der Waals surface area contributed by atoms with Gasteiger partial charge in [-0.1, -0.05) is 44.6 Å². The number of piperidine rings is 1. The molecule has 2 heterocycles. The van der Waals surface area contributed by atoms with E-state index in [1.807, 2.05) is 10.7 Å². The minimum atomic E-state index is -0.960. The van der Waals surface area contributed by atoms with Crippen molar-refractivity contribution in [3.8, 4) is 5.69 Å². The number of carboxylic acids is 1. The van der Waals surface area contributed by atoms with Gasteiger partial charge in [-0.05, 0) is 55.7 Å². The second-order valence-electron chi connectivity index (χ2n) is 11.5. The summed E-state index contributed by atoms with van der Waals surface area (Å²) in [5, 5.41) is 15.8. The molecule has 3 unspecified atom stereocenters. The molecule has 0 spiro atoms. The van der Waals surface area contributed by atoms with E-state index >= 15 is 0 Å². The molecule has 3 aliphatic rings. The van der Waals surface area contributed by atoms with Crippen molar-refractivity contribution in [1.29, 1.82) is 0 Å². The standard InChI is InChI=1S/C29H42N6O2/c1-33(31)19-27(30)24-16-25(24)28-26(29(36)37)17-32-35(28)23-11-5-10-22(15-23)34-14-6-9-21(18-34)13-12-20-7-3-2-4-8-20/h5,10-11,15,17,19-21,24-25H,2-4,6-9,12-14,16,18,30-31H2,1H3,(H,36,37)/b27-19-. The van der Waals surface area contributed by atoms with E-state index < -0.39 is 5.97 Å². The first kappa shape index (κ1) is 25.6. The molecule has 2 aromatic rings. The Hall–Kier alpha value is -3.00. The van der Waals surface area contributed by atoms with Crippen molar-refractivity contribution in [2.45, 2.75) is 70.1 Å². The van der Waals surface area contributed by atoms with Crippen LogP contribution in [-0.2, 0) is 0 Å². The van der Waals surface area contributed by atoms with Gasteiger partial charge in [-0.25, -0.2) is 15.3 Å². The molecule has 0 bridgehead atoms. The predicted octanol–water partition coefficient (Wildman–Crippen LogP) is 4.86. The Morgan fingerprint density at radius 3 is 2.62 bits per heavy atom. The van der Waals surface area contributed by atoms with Crippen LogP contribution in [0, 0.1) is 17.8 Å². The van der Waals surface area contributed by atoms with Gasteiger partial charge in [0.15, 0.2) is 0 Å². The maximum absolute atomic E-state index is 12.0. The highest BCUT2D eigenvalue weighted by Gasteiger charge is 2.45. The fraction of sp³-hybridized carbons (Fsp3) is 0.586. The molecule has 1 aliphatic heterocycles. The fourth-order valence-corrected chi connectivity index (χ4v) is 6.59. The van der Waals surface area contributed by atoms with Gasteiger partial charge in [0.2, 0.25) is 0 Å². The zero-order valence-corrected chi connectivity index (χ0v) is 22.1. The predicted molar refractivity (Wildman–Crippen MR) is 146 cm³/mol. The molecule has 8 nitrogen and oxygen atoms in total. The molecular weight excluding hydrogens is 464 g/mol. The number of allylic oxidation sites excluding steroid dienone is 1. The quantitative estimate of drug-likeness (QED) is 0.329. The topological polar surface area (TPSA) is 114 Å². The number of benzene rings is 1.